The van der Waals surface area contributed by atoms with Crippen molar-refractivity contribution in [2.45, 2.75) is 19.9 Å². The van der Waals surface area contributed by atoms with E-state index in [9.17, 15) is 0 Å². The van der Waals surface area contributed by atoms with E-state index in [4.69, 9.17) is 22.1 Å². The lowest BCUT2D eigenvalue weighted by Crippen LogP contribution is -2.05. The quantitative estimate of drug-likeness (QED) is 0.520. The third-order valence-corrected chi connectivity index (χ3v) is 3.74. The highest BCUT2D eigenvalue weighted by atomic mass is 35.5. The maximum Gasteiger partial charge on any atom is 0.221 e. The number of imidazole rings is 2. The molecule has 1 aromatic carbocycles. The van der Waals surface area contributed by atoms with Crippen LogP contribution in [0.25, 0.3) is 0 Å². The van der Waals surface area contributed by atoms with Crippen LogP contribution in [-0.2, 0) is 6.54 Å². The van der Waals surface area contributed by atoms with Gasteiger partial charge in [0.15, 0.2) is 0 Å². The SMILES string of the molecule is Cc1cn(N=Cc2cc(Cl)ccc2OCCCn2ccnc2)c(N)n1. The molecule has 0 bridgehead atoms. The zero-order valence-corrected chi connectivity index (χ0v) is 14.6. The number of aryl methyl sites for hydroxylation is 2. The van der Waals surface area contributed by atoms with E-state index in [1.807, 2.05) is 23.8 Å². The van der Waals surface area contributed by atoms with Gasteiger partial charge in [0.2, 0.25) is 5.95 Å². The summed E-state index contributed by atoms with van der Waals surface area (Å²) in [6.07, 6.45) is 9.76. The van der Waals surface area contributed by atoms with Crippen LogP contribution < -0.4 is 10.5 Å². The highest BCUT2D eigenvalue weighted by Crippen LogP contribution is 2.22. The highest BCUT2D eigenvalue weighted by molar-refractivity contribution is 6.30. The van der Waals surface area contributed by atoms with Crippen LogP contribution in [0.2, 0.25) is 5.02 Å². The van der Waals surface area contributed by atoms with Crippen LogP contribution in [0.5, 0.6) is 5.75 Å². The van der Waals surface area contributed by atoms with Crippen LogP contribution >= 0.6 is 11.6 Å². The van der Waals surface area contributed by atoms with Gasteiger partial charge in [0.05, 0.1) is 31.0 Å². The third-order valence-electron chi connectivity index (χ3n) is 3.51. The Balaban J connectivity index is 1.66. The van der Waals surface area contributed by atoms with Crippen molar-refractivity contribution >= 4 is 23.8 Å². The monoisotopic (exact) mass is 358 g/mol. The summed E-state index contributed by atoms with van der Waals surface area (Å²) in [6.45, 7) is 3.28. The van der Waals surface area contributed by atoms with Crippen LogP contribution in [0.15, 0.2) is 48.2 Å². The van der Waals surface area contributed by atoms with E-state index >= 15 is 0 Å². The first-order valence-corrected chi connectivity index (χ1v) is 8.23. The van der Waals surface area contributed by atoms with Gasteiger partial charge in [0.1, 0.15) is 5.75 Å². The molecule has 7 nitrogen and oxygen atoms in total. The van der Waals surface area contributed by atoms with E-state index in [1.54, 1.807) is 37.1 Å². The first-order chi connectivity index (χ1) is 12.1. The summed E-state index contributed by atoms with van der Waals surface area (Å²) in [5.74, 6) is 1.05. The molecule has 8 heteroatoms. The second-order valence-corrected chi connectivity index (χ2v) is 5.95. The van der Waals surface area contributed by atoms with Crippen molar-refractivity contribution in [1.82, 2.24) is 19.2 Å². The van der Waals surface area contributed by atoms with Crippen LogP contribution in [0, 0.1) is 6.92 Å². The zero-order valence-electron chi connectivity index (χ0n) is 13.8. The van der Waals surface area contributed by atoms with Gasteiger partial charge in [-0.1, -0.05) is 11.6 Å². The lowest BCUT2D eigenvalue weighted by atomic mass is 10.2. The fourth-order valence-electron chi connectivity index (χ4n) is 2.32. The smallest absolute Gasteiger partial charge is 0.221 e. The molecule has 0 aliphatic carbocycles. The fourth-order valence-corrected chi connectivity index (χ4v) is 2.50. The van der Waals surface area contributed by atoms with Crippen LogP contribution in [0.4, 0.5) is 5.95 Å². The normalized spacial score (nSPS) is 11.3. The van der Waals surface area contributed by atoms with Gasteiger partial charge in [-0.3, -0.25) is 0 Å². The Labute approximate surface area is 150 Å². The molecule has 3 rings (SSSR count). The lowest BCUT2D eigenvalue weighted by Gasteiger charge is -2.10. The molecule has 0 aliphatic heterocycles. The van der Waals surface area contributed by atoms with Crippen molar-refractivity contribution in [1.29, 1.82) is 0 Å². The minimum atomic E-state index is 0.332. The number of benzene rings is 1. The highest BCUT2D eigenvalue weighted by Gasteiger charge is 2.05. The van der Waals surface area contributed by atoms with Gasteiger partial charge in [0.25, 0.3) is 0 Å². The number of rotatable bonds is 7. The first kappa shape index (κ1) is 17.0. The van der Waals surface area contributed by atoms with Crippen molar-refractivity contribution in [3.63, 3.8) is 0 Å². The molecule has 0 radical (unpaired) electrons. The Morgan fingerprint density at radius 3 is 3.00 bits per heavy atom. The van der Waals surface area contributed by atoms with Gasteiger partial charge in [0, 0.05) is 29.5 Å². The van der Waals surface area contributed by atoms with Crippen LogP contribution in [0.3, 0.4) is 0 Å². The maximum absolute atomic E-state index is 6.09. The van der Waals surface area contributed by atoms with Gasteiger partial charge in [-0.2, -0.15) is 5.10 Å². The Morgan fingerprint density at radius 1 is 1.40 bits per heavy atom. The molecule has 25 heavy (non-hydrogen) atoms. The van der Waals surface area contributed by atoms with E-state index in [-0.39, 0.29) is 0 Å². The molecule has 0 aliphatic rings. The van der Waals surface area contributed by atoms with Gasteiger partial charge < -0.3 is 15.0 Å². The van der Waals surface area contributed by atoms with Crippen molar-refractivity contribution in [2.24, 2.45) is 5.10 Å². The summed E-state index contributed by atoms with van der Waals surface area (Å²) in [5, 5.41) is 4.93. The minimum Gasteiger partial charge on any atom is -0.493 e. The molecule has 0 saturated carbocycles. The Hall–Kier alpha value is -2.80. The number of aromatic nitrogens is 4. The average Bonchev–Trinajstić information content (AvgIpc) is 3.20. The predicted octanol–water partition coefficient (Wildman–Crippen LogP) is 2.97. The largest absolute Gasteiger partial charge is 0.493 e. The summed E-state index contributed by atoms with van der Waals surface area (Å²) >= 11 is 6.09. The molecule has 0 atom stereocenters. The van der Waals surface area contributed by atoms with E-state index in [2.05, 4.69) is 15.1 Å². The van der Waals surface area contributed by atoms with E-state index in [1.165, 1.54) is 4.68 Å². The number of hydrogen-bond donors (Lipinski definition) is 1. The molecule has 2 aromatic heterocycles. The Bertz CT molecular complexity index is 856. The van der Waals surface area contributed by atoms with E-state index in [0.717, 1.165) is 24.2 Å². The maximum atomic E-state index is 6.09. The van der Waals surface area contributed by atoms with Gasteiger partial charge in [-0.15, -0.1) is 0 Å². The number of nitrogens with two attached hydrogens (primary N) is 1. The van der Waals surface area contributed by atoms with E-state index in [0.29, 0.717) is 23.3 Å². The second-order valence-electron chi connectivity index (χ2n) is 5.51. The average molecular weight is 359 g/mol. The fraction of sp³-hybridized carbons (Fsp3) is 0.235. The summed E-state index contributed by atoms with van der Waals surface area (Å²) < 4.78 is 9.40. The molecule has 3 aromatic rings. The number of anilines is 1. The van der Waals surface area contributed by atoms with Gasteiger partial charge in [-0.25, -0.2) is 14.6 Å². The first-order valence-electron chi connectivity index (χ1n) is 7.86. The summed E-state index contributed by atoms with van der Waals surface area (Å²) in [6, 6.07) is 5.43. The van der Waals surface area contributed by atoms with Gasteiger partial charge >= 0.3 is 0 Å². The summed E-state index contributed by atoms with van der Waals surface area (Å²) in [4.78, 5) is 8.13. The molecular formula is C17H19ClN6O. The number of nitrogen functional groups attached to an aromatic ring is 1. The predicted molar refractivity (Wildman–Crippen MR) is 98.2 cm³/mol. The second kappa shape index (κ2) is 7.85. The zero-order chi connectivity index (χ0) is 17.6. The third kappa shape index (κ3) is 4.60. The summed E-state index contributed by atoms with van der Waals surface area (Å²) in [7, 11) is 0. The van der Waals surface area contributed by atoms with E-state index < -0.39 is 0 Å². The molecule has 2 heterocycles. The van der Waals surface area contributed by atoms with Crippen molar-refractivity contribution in [2.75, 3.05) is 12.3 Å². The summed E-state index contributed by atoms with van der Waals surface area (Å²) in [5.41, 5.74) is 7.37. The molecule has 0 saturated heterocycles. The number of ether oxygens (including phenoxy) is 1. The van der Waals surface area contributed by atoms with Crippen molar-refractivity contribution in [3.05, 3.63) is 59.4 Å². The standard InChI is InChI=1S/C17H19ClN6O/c1-13-11-24(17(19)22-13)21-10-14-9-15(18)3-4-16(14)25-8-2-6-23-7-5-20-12-23/h3-5,7,9-12H,2,6,8H2,1H3,(H2,19,22). The molecular weight excluding hydrogens is 340 g/mol. The Kier molecular flexibility index (Phi) is 5.35. The lowest BCUT2D eigenvalue weighted by molar-refractivity contribution is 0.301. The Morgan fingerprint density at radius 2 is 2.28 bits per heavy atom. The van der Waals surface area contributed by atoms with Crippen molar-refractivity contribution < 1.29 is 4.74 Å². The molecule has 0 fully saturated rings. The van der Waals surface area contributed by atoms with Crippen LogP contribution in [0.1, 0.15) is 17.7 Å². The van der Waals surface area contributed by atoms with Crippen molar-refractivity contribution in [3.8, 4) is 5.75 Å². The number of nitrogens with zero attached hydrogens (tertiary/aromatic N) is 5. The molecule has 130 valence electrons. The molecule has 0 unspecified atom stereocenters. The number of hydrogen-bond acceptors (Lipinski definition) is 5. The molecule has 2 N–H and O–H groups in total. The molecule has 0 amide bonds. The topological polar surface area (TPSA) is 83.2 Å². The molecule has 0 spiro atoms. The van der Waals surface area contributed by atoms with Crippen LogP contribution in [-0.4, -0.2) is 32.0 Å². The minimum absolute atomic E-state index is 0.332. The van der Waals surface area contributed by atoms with Gasteiger partial charge in [-0.05, 0) is 31.5 Å². The number of halogens is 1.